The average molecular weight is 485 g/mol. The van der Waals surface area contributed by atoms with E-state index in [2.05, 4.69) is 15.2 Å². The summed E-state index contributed by atoms with van der Waals surface area (Å²) in [6, 6.07) is -1.18. The van der Waals surface area contributed by atoms with Gasteiger partial charge in [-0.05, 0) is 48.0 Å². The molecule has 0 bridgehead atoms. The van der Waals surface area contributed by atoms with Crippen LogP contribution < -0.4 is 5.32 Å². The van der Waals surface area contributed by atoms with E-state index >= 15 is 0 Å². The zero-order valence-electron chi connectivity index (χ0n) is 19.2. The molecule has 0 fully saturated rings. The summed E-state index contributed by atoms with van der Waals surface area (Å²) in [5, 5.41) is 4.31. The van der Waals surface area contributed by atoms with Gasteiger partial charge in [-0.3, -0.25) is 4.79 Å². The van der Waals surface area contributed by atoms with E-state index in [9.17, 15) is 27.7 Å². The number of sulfone groups is 1. The van der Waals surface area contributed by atoms with E-state index in [1.54, 1.807) is 41.5 Å². The second-order valence-electron chi connectivity index (χ2n) is 8.61. The molecule has 186 valence electrons. The van der Waals surface area contributed by atoms with Gasteiger partial charge in [-0.15, -0.1) is 4.91 Å². The first-order valence-corrected chi connectivity index (χ1v) is 11.6. The summed E-state index contributed by atoms with van der Waals surface area (Å²) >= 11 is 0. The highest BCUT2D eigenvalue weighted by molar-refractivity contribution is 7.91. The summed E-state index contributed by atoms with van der Waals surface area (Å²) in [5.74, 6) is -2.49. The fraction of sp³-hybridized carbons (Fsp3) is 0.833. The van der Waals surface area contributed by atoms with Gasteiger partial charge < -0.3 is 19.5 Å². The number of alkyl carbamates (subject to hydrolysis) is 1. The van der Waals surface area contributed by atoms with Crippen molar-refractivity contribution in [3.05, 3.63) is 4.91 Å². The van der Waals surface area contributed by atoms with Crippen LogP contribution in [0.1, 0.15) is 54.4 Å². The Kier molecular flexibility index (Phi) is 12.1. The van der Waals surface area contributed by atoms with E-state index in [0.29, 0.717) is 0 Å². The van der Waals surface area contributed by atoms with Crippen LogP contribution in [0.4, 0.5) is 4.79 Å². The van der Waals surface area contributed by atoms with Crippen molar-refractivity contribution in [1.82, 2.24) is 5.32 Å². The molecule has 0 heterocycles. The summed E-state index contributed by atoms with van der Waals surface area (Å²) in [6.07, 6.45) is -1.30. The first kappa shape index (κ1) is 29.5. The van der Waals surface area contributed by atoms with E-state index in [1.165, 1.54) is 0 Å². The molecular formula is C18H32N2O11S. The van der Waals surface area contributed by atoms with Crippen LogP contribution in [-0.2, 0) is 43.5 Å². The van der Waals surface area contributed by atoms with Crippen molar-refractivity contribution in [1.29, 1.82) is 0 Å². The van der Waals surface area contributed by atoms with Crippen molar-refractivity contribution in [3.63, 3.8) is 0 Å². The number of hydrogen-bond acceptors (Lipinski definition) is 12. The topological polar surface area (TPSA) is 173 Å². The minimum Gasteiger partial charge on any atom is -0.465 e. The van der Waals surface area contributed by atoms with Gasteiger partial charge >= 0.3 is 18.0 Å². The van der Waals surface area contributed by atoms with Crippen LogP contribution in [0.5, 0.6) is 0 Å². The lowest BCUT2D eigenvalue weighted by molar-refractivity contribution is -0.293. The summed E-state index contributed by atoms with van der Waals surface area (Å²) in [5.41, 5.74) is -1.62. The third-order valence-electron chi connectivity index (χ3n) is 3.24. The number of nitrogens with one attached hydrogen (secondary N) is 1. The largest absolute Gasteiger partial charge is 0.465 e. The van der Waals surface area contributed by atoms with Crippen molar-refractivity contribution in [2.45, 2.75) is 71.6 Å². The number of rotatable bonds is 13. The van der Waals surface area contributed by atoms with Crippen molar-refractivity contribution in [2.24, 2.45) is 5.34 Å². The Labute approximate surface area is 187 Å². The molecule has 0 aliphatic rings. The van der Waals surface area contributed by atoms with Crippen LogP contribution in [-0.4, -0.2) is 68.4 Å². The summed E-state index contributed by atoms with van der Waals surface area (Å²) in [4.78, 5) is 53.9. The Morgan fingerprint density at radius 3 is 2.03 bits per heavy atom. The quantitative estimate of drug-likeness (QED) is 0.100. The van der Waals surface area contributed by atoms with E-state index in [-0.39, 0.29) is 12.8 Å². The van der Waals surface area contributed by atoms with E-state index in [0.717, 1.165) is 0 Å². The number of ether oxygens (including phenoxy) is 3. The summed E-state index contributed by atoms with van der Waals surface area (Å²) < 4.78 is 38.7. The lowest BCUT2D eigenvalue weighted by atomic mass is 10.1. The third-order valence-corrected chi connectivity index (χ3v) is 4.81. The molecule has 32 heavy (non-hydrogen) atoms. The maximum absolute atomic E-state index is 12.4. The normalized spacial score (nSPS) is 12.9. The van der Waals surface area contributed by atoms with Crippen LogP contribution in [0.15, 0.2) is 5.34 Å². The molecule has 0 aliphatic carbocycles. The molecule has 14 heteroatoms. The molecule has 0 spiro atoms. The van der Waals surface area contributed by atoms with E-state index < -0.39 is 69.8 Å². The second-order valence-corrected chi connectivity index (χ2v) is 10.9. The van der Waals surface area contributed by atoms with Gasteiger partial charge in [-0.25, -0.2) is 18.0 Å². The highest BCUT2D eigenvalue weighted by Gasteiger charge is 2.29. The van der Waals surface area contributed by atoms with Crippen molar-refractivity contribution in [3.8, 4) is 0 Å². The van der Waals surface area contributed by atoms with Gasteiger partial charge in [0.1, 0.15) is 30.5 Å². The summed E-state index contributed by atoms with van der Waals surface area (Å²) in [6.45, 7) is 9.06. The predicted molar refractivity (Wildman–Crippen MR) is 111 cm³/mol. The maximum Gasteiger partial charge on any atom is 0.408 e. The van der Waals surface area contributed by atoms with Crippen LogP contribution in [0.3, 0.4) is 0 Å². The molecule has 0 aliphatic heterocycles. The fourth-order valence-electron chi connectivity index (χ4n) is 2.01. The summed E-state index contributed by atoms with van der Waals surface area (Å²) in [7, 11) is -3.63. The number of carbonyl (C=O) groups excluding carboxylic acids is 3. The standard InChI is InChI=1S/C18H32N2O11S/c1-17(2,3)29-15(22)13(19-16(23)30-18(4,5)6)7-8-14(21)27-9-11-32(25,26)12-10-28-31-20-24/h13H,7-12H2,1-6H3,(H,19,23)/t13-/m0/s1. The smallest absolute Gasteiger partial charge is 0.408 e. The third kappa shape index (κ3) is 16.2. The first-order valence-electron chi connectivity index (χ1n) is 9.74. The molecule has 1 atom stereocenters. The van der Waals surface area contributed by atoms with Gasteiger partial charge in [-0.1, -0.05) is 0 Å². The highest BCUT2D eigenvalue weighted by Crippen LogP contribution is 2.13. The van der Waals surface area contributed by atoms with Gasteiger partial charge in [0.25, 0.3) is 0 Å². The van der Waals surface area contributed by atoms with Gasteiger partial charge in [-0.2, -0.15) is 9.88 Å². The molecule has 0 saturated heterocycles. The van der Waals surface area contributed by atoms with Crippen LogP contribution in [0.2, 0.25) is 0 Å². The molecular weight excluding hydrogens is 452 g/mol. The average Bonchev–Trinajstić information content (AvgIpc) is 2.59. The molecule has 0 radical (unpaired) electrons. The van der Waals surface area contributed by atoms with Crippen LogP contribution >= 0.6 is 0 Å². The zero-order valence-corrected chi connectivity index (χ0v) is 20.0. The van der Waals surface area contributed by atoms with Crippen molar-refractivity contribution < 1.29 is 46.9 Å². The molecule has 0 rings (SSSR count). The SMILES string of the molecule is CC(C)(C)OC(=O)N[C@@H](CCC(=O)OCCS(=O)(=O)CCOON=O)C(=O)OC(C)(C)C. The second kappa shape index (κ2) is 13.2. The number of carbonyl (C=O) groups is 3. The Hall–Kier alpha value is -2.48. The number of amides is 1. The fourth-order valence-corrected chi connectivity index (χ4v) is 2.87. The minimum absolute atomic E-state index is 0.149. The number of esters is 2. The van der Waals surface area contributed by atoms with E-state index in [4.69, 9.17) is 14.2 Å². The van der Waals surface area contributed by atoms with Gasteiger partial charge in [0.15, 0.2) is 15.2 Å². The minimum atomic E-state index is -3.63. The molecule has 13 nitrogen and oxygen atoms in total. The van der Waals surface area contributed by atoms with Crippen LogP contribution in [0.25, 0.3) is 0 Å². The first-order chi connectivity index (χ1) is 14.5. The molecule has 0 unspecified atom stereocenters. The predicted octanol–water partition coefficient (Wildman–Crippen LogP) is 1.59. The van der Waals surface area contributed by atoms with Crippen molar-refractivity contribution in [2.75, 3.05) is 24.7 Å². The Morgan fingerprint density at radius 1 is 0.938 bits per heavy atom. The van der Waals surface area contributed by atoms with Gasteiger partial charge in [0.05, 0.1) is 11.5 Å². The Balaban J connectivity index is 4.70. The van der Waals surface area contributed by atoms with Crippen LogP contribution in [0, 0.1) is 4.91 Å². The zero-order chi connectivity index (χ0) is 25.0. The molecule has 0 aromatic rings. The number of nitrogens with zero attached hydrogens (tertiary/aromatic N) is 1. The lowest BCUT2D eigenvalue weighted by Crippen LogP contribution is -2.46. The molecule has 1 N–H and O–H groups in total. The maximum atomic E-state index is 12.4. The van der Waals surface area contributed by atoms with Gasteiger partial charge in [0.2, 0.25) is 0 Å². The van der Waals surface area contributed by atoms with Gasteiger partial charge in [0, 0.05) is 6.42 Å². The number of hydrogen-bond donors (Lipinski definition) is 1. The monoisotopic (exact) mass is 484 g/mol. The Bertz CT molecular complexity index is 739. The Morgan fingerprint density at radius 2 is 1.50 bits per heavy atom. The molecule has 0 aromatic carbocycles. The molecule has 0 aromatic heterocycles. The highest BCUT2D eigenvalue weighted by atomic mass is 32.2. The molecule has 1 amide bonds. The van der Waals surface area contributed by atoms with Crippen molar-refractivity contribution >= 4 is 27.9 Å². The lowest BCUT2D eigenvalue weighted by Gasteiger charge is -2.26. The molecule has 0 saturated carbocycles. The van der Waals surface area contributed by atoms with E-state index in [1.807, 2.05) is 5.34 Å².